The van der Waals surface area contributed by atoms with E-state index in [4.69, 9.17) is 14.7 Å². The Labute approximate surface area is 189 Å². The van der Waals surface area contributed by atoms with Crippen molar-refractivity contribution in [3.63, 3.8) is 0 Å². The number of hydrogen-bond donors (Lipinski definition) is 4. The second kappa shape index (κ2) is 13.1. The van der Waals surface area contributed by atoms with Gasteiger partial charge >= 0.3 is 0 Å². The second-order valence-corrected chi connectivity index (χ2v) is 6.91. The molecule has 0 aliphatic carbocycles. The molecule has 0 saturated heterocycles. The zero-order chi connectivity index (χ0) is 24.2. The van der Waals surface area contributed by atoms with Crippen LogP contribution in [0.2, 0.25) is 0 Å². The molecule has 12 heteroatoms. The standard InChI is InChI=1S/C21H26N4O8/c1-14(21(31)24-16-4-2-15(13-26)3-5-16)23-18(28)12-22-17(27)8-9-32-10-11-33-25-19(29)6-7-20(25)30/h2-7,14,26H,8-13H2,1H3,(H,22,27)(H,23,28)(H,24,31)/t14-/m0/s1. The first kappa shape index (κ1) is 25.6. The first-order valence-electron chi connectivity index (χ1n) is 10.1. The number of hydrogen-bond acceptors (Lipinski definition) is 8. The Morgan fingerprint density at radius 3 is 2.30 bits per heavy atom. The maximum Gasteiger partial charge on any atom is 0.277 e. The number of hydroxylamine groups is 2. The van der Waals surface area contributed by atoms with E-state index in [0.29, 0.717) is 16.3 Å². The van der Waals surface area contributed by atoms with E-state index in [-0.39, 0.29) is 39.4 Å². The smallest absolute Gasteiger partial charge is 0.277 e. The Bertz CT molecular complexity index is 882. The Morgan fingerprint density at radius 2 is 1.67 bits per heavy atom. The van der Waals surface area contributed by atoms with Crippen molar-refractivity contribution >= 4 is 35.2 Å². The highest BCUT2D eigenvalue weighted by Gasteiger charge is 2.24. The second-order valence-electron chi connectivity index (χ2n) is 6.91. The van der Waals surface area contributed by atoms with Crippen molar-refractivity contribution in [3.8, 4) is 0 Å². The minimum atomic E-state index is -0.833. The number of anilines is 1. The normalized spacial score (nSPS) is 13.7. The number of carbonyl (C=O) groups excluding carboxylic acids is 5. The number of benzene rings is 1. The highest BCUT2D eigenvalue weighted by molar-refractivity contribution is 6.11. The van der Waals surface area contributed by atoms with Crippen LogP contribution in [-0.2, 0) is 40.2 Å². The van der Waals surface area contributed by atoms with Crippen LogP contribution in [0.3, 0.4) is 0 Å². The SMILES string of the molecule is C[C@H](NC(=O)CNC(=O)CCOCCON1C(=O)C=CC1=O)C(=O)Nc1ccc(CO)cc1. The lowest BCUT2D eigenvalue weighted by atomic mass is 10.2. The molecule has 0 spiro atoms. The molecule has 1 aromatic rings. The van der Waals surface area contributed by atoms with Gasteiger partial charge in [0, 0.05) is 24.3 Å². The molecule has 0 fully saturated rings. The molecule has 0 bridgehead atoms. The predicted molar refractivity (Wildman–Crippen MR) is 114 cm³/mol. The van der Waals surface area contributed by atoms with Crippen molar-refractivity contribution in [1.29, 1.82) is 0 Å². The predicted octanol–water partition coefficient (Wildman–Crippen LogP) is -0.998. The molecule has 2 rings (SSSR count). The molecule has 1 atom stereocenters. The van der Waals surface area contributed by atoms with Gasteiger partial charge in [-0.05, 0) is 24.6 Å². The third-order valence-electron chi connectivity index (χ3n) is 4.31. The lowest BCUT2D eigenvalue weighted by Gasteiger charge is -2.15. The van der Waals surface area contributed by atoms with Crippen molar-refractivity contribution in [2.24, 2.45) is 0 Å². The summed E-state index contributed by atoms with van der Waals surface area (Å²) in [5.74, 6) is -2.54. The third-order valence-corrected chi connectivity index (χ3v) is 4.31. The van der Waals surface area contributed by atoms with E-state index >= 15 is 0 Å². The molecular weight excluding hydrogens is 436 g/mol. The number of rotatable bonds is 13. The highest BCUT2D eigenvalue weighted by Crippen LogP contribution is 2.09. The highest BCUT2D eigenvalue weighted by atomic mass is 16.7. The Hall–Kier alpha value is -3.61. The van der Waals surface area contributed by atoms with E-state index in [0.717, 1.165) is 12.2 Å². The van der Waals surface area contributed by atoms with E-state index in [2.05, 4.69) is 16.0 Å². The average molecular weight is 462 g/mol. The Morgan fingerprint density at radius 1 is 1.00 bits per heavy atom. The fourth-order valence-electron chi connectivity index (χ4n) is 2.54. The van der Waals surface area contributed by atoms with Crippen LogP contribution >= 0.6 is 0 Å². The molecule has 33 heavy (non-hydrogen) atoms. The Balaban J connectivity index is 1.54. The molecule has 0 radical (unpaired) electrons. The van der Waals surface area contributed by atoms with Gasteiger partial charge in [-0.15, -0.1) is 5.06 Å². The van der Waals surface area contributed by atoms with Gasteiger partial charge in [-0.2, -0.15) is 0 Å². The van der Waals surface area contributed by atoms with Crippen LogP contribution in [-0.4, -0.2) is 72.1 Å². The lowest BCUT2D eigenvalue weighted by Crippen LogP contribution is -2.46. The van der Waals surface area contributed by atoms with Crippen molar-refractivity contribution in [2.45, 2.75) is 26.0 Å². The lowest BCUT2D eigenvalue weighted by molar-refractivity contribution is -0.188. The molecule has 1 aromatic carbocycles. The van der Waals surface area contributed by atoms with E-state index in [1.165, 1.54) is 6.92 Å². The Kier molecular flexibility index (Phi) is 10.1. The van der Waals surface area contributed by atoms with Gasteiger partial charge in [0.15, 0.2) is 0 Å². The number of aliphatic hydroxyl groups excluding tert-OH is 1. The molecule has 178 valence electrons. The molecule has 5 amide bonds. The van der Waals surface area contributed by atoms with Gasteiger partial charge in [0.05, 0.1) is 33.0 Å². The number of amides is 5. The van der Waals surface area contributed by atoms with Gasteiger partial charge < -0.3 is 25.8 Å². The van der Waals surface area contributed by atoms with Crippen LogP contribution < -0.4 is 16.0 Å². The van der Waals surface area contributed by atoms with Crippen molar-refractivity contribution in [2.75, 3.05) is 31.7 Å². The van der Waals surface area contributed by atoms with E-state index < -0.39 is 35.6 Å². The fraction of sp³-hybridized carbons (Fsp3) is 0.381. The largest absolute Gasteiger partial charge is 0.392 e. The van der Waals surface area contributed by atoms with Crippen LogP contribution in [0.5, 0.6) is 0 Å². The summed E-state index contributed by atoms with van der Waals surface area (Å²) in [4.78, 5) is 63.4. The molecule has 0 saturated carbocycles. The summed E-state index contributed by atoms with van der Waals surface area (Å²) >= 11 is 0. The summed E-state index contributed by atoms with van der Waals surface area (Å²) in [6, 6.07) is 5.76. The van der Waals surface area contributed by atoms with Gasteiger partial charge in [0.1, 0.15) is 6.04 Å². The molecule has 1 aliphatic heterocycles. The van der Waals surface area contributed by atoms with Gasteiger partial charge in [-0.1, -0.05) is 12.1 Å². The van der Waals surface area contributed by atoms with E-state index in [9.17, 15) is 24.0 Å². The zero-order valence-electron chi connectivity index (χ0n) is 18.0. The van der Waals surface area contributed by atoms with Gasteiger partial charge in [-0.3, -0.25) is 28.8 Å². The molecule has 1 heterocycles. The fourth-order valence-corrected chi connectivity index (χ4v) is 2.54. The summed E-state index contributed by atoms with van der Waals surface area (Å²) in [5, 5.41) is 17.2. The summed E-state index contributed by atoms with van der Waals surface area (Å²) in [7, 11) is 0. The summed E-state index contributed by atoms with van der Waals surface area (Å²) in [6.07, 6.45) is 2.17. The molecule has 4 N–H and O–H groups in total. The number of carbonyl (C=O) groups is 5. The topological polar surface area (TPSA) is 163 Å². The van der Waals surface area contributed by atoms with Crippen molar-refractivity contribution < 1.29 is 38.7 Å². The first-order valence-corrected chi connectivity index (χ1v) is 10.1. The molecular formula is C21H26N4O8. The number of aliphatic hydroxyl groups is 1. The average Bonchev–Trinajstić information content (AvgIpc) is 3.12. The molecule has 1 aliphatic rings. The van der Waals surface area contributed by atoms with Gasteiger partial charge in [-0.25, -0.2) is 0 Å². The van der Waals surface area contributed by atoms with Crippen LogP contribution in [0.25, 0.3) is 0 Å². The van der Waals surface area contributed by atoms with Crippen LogP contribution in [0, 0.1) is 0 Å². The van der Waals surface area contributed by atoms with Crippen LogP contribution in [0.1, 0.15) is 18.9 Å². The molecule has 12 nitrogen and oxygen atoms in total. The monoisotopic (exact) mass is 462 g/mol. The van der Waals surface area contributed by atoms with Gasteiger partial charge in [0.2, 0.25) is 17.7 Å². The quantitative estimate of drug-likeness (QED) is 0.214. The molecule has 0 unspecified atom stereocenters. The summed E-state index contributed by atoms with van der Waals surface area (Å²) in [6.45, 7) is 1.15. The van der Waals surface area contributed by atoms with E-state index in [1.807, 2.05) is 0 Å². The summed E-state index contributed by atoms with van der Waals surface area (Å²) in [5.41, 5.74) is 1.23. The minimum absolute atomic E-state index is 0.0176. The number of imide groups is 1. The maximum atomic E-state index is 12.2. The van der Waals surface area contributed by atoms with Crippen LogP contribution in [0.15, 0.2) is 36.4 Å². The van der Waals surface area contributed by atoms with E-state index in [1.54, 1.807) is 24.3 Å². The zero-order valence-corrected chi connectivity index (χ0v) is 18.0. The van der Waals surface area contributed by atoms with Crippen molar-refractivity contribution in [3.05, 3.63) is 42.0 Å². The summed E-state index contributed by atoms with van der Waals surface area (Å²) < 4.78 is 5.19. The first-order chi connectivity index (χ1) is 15.8. The van der Waals surface area contributed by atoms with Crippen molar-refractivity contribution in [1.82, 2.24) is 15.7 Å². The van der Waals surface area contributed by atoms with Crippen LogP contribution in [0.4, 0.5) is 5.69 Å². The number of ether oxygens (including phenoxy) is 1. The maximum absolute atomic E-state index is 12.2. The molecule has 0 aromatic heterocycles. The van der Waals surface area contributed by atoms with Gasteiger partial charge in [0.25, 0.3) is 11.8 Å². The minimum Gasteiger partial charge on any atom is -0.392 e. The number of nitrogens with one attached hydrogen (secondary N) is 3. The number of nitrogens with zero attached hydrogens (tertiary/aromatic N) is 1. The third kappa shape index (κ3) is 8.80.